The van der Waals surface area contributed by atoms with E-state index in [2.05, 4.69) is 57.9 Å². The van der Waals surface area contributed by atoms with Crippen LogP contribution in [0.2, 0.25) is 0 Å². The molecule has 5 heteroatoms. The standard InChI is InChI=1S/C37H27N5/c1-41-19-13-28(14-20-41)9-11-30-23-31(12-10-29-15-21-42(2)22-16-29)25-32(24-30)33-26-36(34-7-3-5-17-38-34)40-37(27-33)35-8-4-6-18-39-35/h3-8,13-27H,1-2H3/q+2. The van der Waals surface area contributed by atoms with Gasteiger partial charge in [0, 0.05) is 58.9 Å². The van der Waals surface area contributed by atoms with Gasteiger partial charge >= 0.3 is 0 Å². The molecule has 0 aliphatic heterocycles. The van der Waals surface area contributed by atoms with Crippen molar-refractivity contribution < 1.29 is 9.13 Å². The highest BCUT2D eigenvalue weighted by Gasteiger charge is 2.11. The highest BCUT2D eigenvalue weighted by Crippen LogP contribution is 2.30. The van der Waals surface area contributed by atoms with Gasteiger partial charge in [-0.1, -0.05) is 35.8 Å². The van der Waals surface area contributed by atoms with E-state index in [1.807, 2.05) is 115 Å². The summed E-state index contributed by atoms with van der Waals surface area (Å²) in [4.78, 5) is 14.0. The second-order valence-electron chi connectivity index (χ2n) is 9.86. The predicted molar refractivity (Wildman–Crippen MR) is 163 cm³/mol. The van der Waals surface area contributed by atoms with E-state index >= 15 is 0 Å². The van der Waals surface area contributed by atoms with Crippen molar-refractivity contribution in [3.05, 3.63) is 150 Å². The summed E-state index contributed by atoms with van der Waals surface area (Å²) in [6.07, 6.45) is 11.5. The first-order valence-corrected chi connectivity index (χ1v) is 13.5. The molecular formula is C37H27N5+2. The number of rotatable bonds is 3. The Hall–Kier alpha value is -5.91. The zero-order valence-corrected chi connectivity index (χ0v) is 23.4. The molecule has 0 unspecified atom stereocenters. The van der Waals surface area contributed by atoms with Crippen molar-refractivity contribution >= 4 is 0 Å². The summed E-state index contributed by atoms with van der Waals surface area (Å²) < 4.78 is 3.98. The first-order chi connectivity index (χ1) is 20.6. The molecule has 0 bridgehead atoms. The summed E-state index contributed by atoms with van der Waals surface area (Å²) in [5.41, 5.74) is 8.74. The molecule has 1 aromatic carbocycles. The van der Waals surface area contributed by atoms with Crippen molar-refractivity contribution in [2.75, 3.05) is 0 Å². The Morgan fingerprint density at radius 1 is 0.452 bits per heavy atom. The van der Waals surface area contributed by atoms with E-state index in [0.29, 0.717) is 0 Å². The summed E-state index contributed by atoms with van der Waals surface area (Å²) in [7, 11) is 3.98. The van der Waals surface area contributed by atoms with E-state index in [9.17, 15) is 0 Å². The third kappa shape index (κ3) is 6.45. The molecule has 0 aliphatic rings. The topological polar surface area (TPSA) is 46.4 Å². The number of pyridine rings is 5. The molecule has 5 heterocycles. The summed E-state index contributed by atoms with van der Waals surface area (Å²) in [6, 6.07) is 30.1. The molecule has 5 nitrogen and oxygen atoms in total. The Bertz CT molecular complexity index is 1840. The minimum Gasteiger partial charge on any atom is -0.255 e. The molecule has 198 valence electrons. The zero-order valence-electron chi connectivity index (χ0n) is 23.4. The van der Waals surface area contributed by atoms with Gasteiger partial charge in [0.25, 0.3) is 0 Å². The number of hydrogen-bond acceptors (Lipinski definition) is 3. The first-order valence-electron chi connectivity index (χ1n) is 13.5. The molecule has 0 saturated heterocycles. The molecule has 0 atom stereocenters. The van der Waals surface area contributed by atoms with Gasteiger partial charge in [-0.3, -0.25) is 9.97 Å². The summed E-state index contributed by atoms with van der Waals surface area (Å²) in [5.74, 6) is 13.3. The number of aryl methyl sites for hydroxylation is 2. The molecule has 0 spiro atoms. The van der Waals surface area contributed by atoms with E-state index in [4.69, 9.17) is 4.98 Å². The van der Waals surface area contributed by atoms with Gasteiger partial charge < -0.3 is 0 Å². The van der Waals surface area contributed by atoms with Crippen LogP contribution in [0.25, 0.3) is 33.9 Å². The molecule has 0 aliphatic carbocycles. The third-order valence-electron chi connectivity index (χ3n) is 6.61. The molecule has 0 fully saturated rings. The second kappa shape index (κ2) is 12.1. The number of benzene rings is 1. The lowest BCUT2D eigenvalue weighted by molar-refractivity contribution is -0.671. The van der Waals surface area contributed by atoms with E-state index in [1.54, 1.807) is 12.4 Å². The van der Waals surface area contributed by atoms with E-state index < -0.39 is 0 Å². The number of aromatic nitrogens is 5. The van der Waals surface area contributed by atoms with Crippen molar-refractivity contribution in [1.82, 2.24) is 15.0 Å². The lowest BCUT2D eigenvalue weighted by Gasteiger charge is -2.10. The molecule has 6 aromatic rings. The second-order valence-corrected chi connectivity index (χ2v) is 9.86. The van der Waals surface area contributed by atoms with Crippen LogP contribution in [0.15, 0.2) is 128 Å². The van der Waals surface area contributed by atoms with Gasteiger partial charge in [0.2, 0.25) is 0 Å². The van der Waals surface area contributed by atoms with Crippen LogP contribution >= 0.6 is 0 Å². The normalized spacial score (nSPS) is 10.2. The predicted octanol–water partition coefficient (Wildman–Crippen LogP) is 5.32. The maximum Gasteiger partial charge on any atom is 0.169 e. The molecule has 0 N–H and O–H groups in total. The maximum absolute atomic E-state index is 4.93. The van der Waals surface area contributed by atoms with Crippen LogP contribution < -0.4 is 9.13 Å². The fourth-order valence-electron chi connectivity index (χ4n) is 4.38. The fraction of sp³-hybridized carbons (Fsp3) is 0.0541. The Balaban J connectivity index is 1.50. The summed E-state index contributed by atoms with van der Waals surface area (Å²) in [5, 5.41) is 0. The van der Waals surface area contributed by atoms with Crippen LogP contribution in [0.3, 0.4) is 0 Å². The van der Waals surface area contributed by atoms with Crippen LogP contribution in [0.5, 0.6) is 0 Å². The summed E-state index contributed by atoms with van der Waals surface area (Å²) in [6.45, 7) is 0. The highest BCUT2D eigenvalue weighted by molar-refractivity contribution is 5.76. The maximum atomic E-state index is 4.93. The van der Waals surface area contributed by atoms with E-state index in [1.165, 1.54) is 0 Å². The van der Waals surface area contributed by atoms with Gasteiger partial charge in [-0.05, 0) is 65.7 Å². The molecule has 42 heavy (non-hydrogen) atoms. The highest BCUT2D eigenvalue weighted by atomic mass is 14.9. The Labute approximate surface area is 245 Å². The van der Waals surface area contributed by atoms with Crippen LogP contribution in [-0.4, -0.2) is 15.0 Å². The first kappa shape index (κ1) is 26.3. The van der Waals surface area contributed by atoms with Crippen molar-refractivity contribution in [2.45, 2.75) is 0 Å². The van der Waals surface area contributed by atoms with Crippen molar-refractivity contribution in [1.29, 1.82) is 0 Å². The van der Waals surface area contributed by atoms with Crippen molar-refractivity contribution in [3.63, 3.8) is 0 Å². The SMILES string of the molecule is C[n+]1ccc(C#Cc2cc(C#Cc3cc[n+](C)cc3)cc(-c3cc(-c4ccccn4)nc(-c4ccccn4)c3)c2)cc1. The Morgan fingerprint density at radius 3 is 1.31 bits per heavy atom. The Morgan fingerprint density at radius 2 is 0.881 bits per heavy atom. The fourth-order valence-corrected chi connectivity index (χ4v) is 4.38. The smallest absolute Gasteiger partial charge is 0.169 e. The minimum absolute atomic E-state index is 0.771. The van der Waals surface area contributed by atoms with Gasteiger partial charge in [-0.25, -0.2) is 14.1 Å². The summed E-state index contributed by atoms with van der Waals surface area (Å²) >= 11 is 0. The van der Waals surface area contributed by atoms with Crippen molar-refractivity contribution in [3.8, 4) is 57.6 Å². The quantitative estimate of drug-likeness (QED) is 0.225. The van der Waals surface area contributed by atoms with Crippen LogP contribution in [0, 0.1) is 23.7 Å². The van der Waals surface area contributed by atoms with E-state index in [-0.39, 0.29) is 0 Å². The lowest BCUT2D eigenvalue weighted by Crippen LogP contribution is -2.25. The van der Waals surface area contributed by atoms with E-state index in [0.717, 1.165) is 56.2 Å². The molecule has 0 amide bonds. The Kier molecular flexibility index (Phi) is 7.57. The monoisotopic (exact) mass is 541 g/mol. The molecule has 0 radical (unpaired) electrons. The lowest BCUT2D eigenvalue weighted by atomic mass is 9.98. The van der Waals surface area contributed by atoms with Crippen LogP contribution in [-0.2, 0) is 14.1 Å². The van der Waals surface area contributed by atoms with Crippen molar-refractivity contribution in [2.24, 2.45) is 14.1 Å². The van der Waals surface area contributed by atoms with Crippen LogP contribution in [0.4, 0.5) is 0 Å². The number of hydrogen-bond donors (Lipinski definition) is 0. The average Bonchev–Trinajstić information content (AvgIpc) is 3.05. The minimum atomic E-state index is 0.771. The van der Waals surface area contributed by atoms with Gasteiger partial charge in [0.1, 0.15) is 14.1 Å². The zero-order chi connectivity index (χ0) is 28.7. The average molecular weight is 542 g/mol. The van der Waals surface area contributed by atoms with Gasteiger partial charge in [0.15, 0.2) is 24.8 Å². The third-order valence-corrected chi connectivity index (χ3v) is 6.61. The molecule has 0 saturated carbocycles. The molecule has 6 rings (SSSR count). The molecular weight excluding hydrogens is 514 g/mol. The largest absolute Gasteiger partial charge is 0.255 e. The van der Waals surface area contributed by atoms with Gasteiger partial charge in [-0.15, -0.1) is 0 Å². The van der Waals surface area contributed by atoms with Crippen LogP contribution in [0.1, 0.15) is 22.3 Å². The molecule has 5 aromatic heterocycles. The van der Waals surface area contributed by atoms with Gasteiger partial charge in [0.05, 0.1) is 22.8 Å². The van der Waals surface area contributed by atoms with Gasteiger partial charge in [-0.2, -0.15) is 0 Å². The number of nitrogens with zero attached hydrogens (tertiary/aromatic N) is 5.